The number of benzene rings is 3. The first kappa shape index (κ1) is 21.9. The number of rotatable bonds is 3. The summed E-state index contributed by atoms with van der Waals surface area (Å²) in [6, 6.07) is 21.6. The van der Waals surface area contributed by atoms with E-state index in [0.29, 0.717) is 20.1 Å². The van der Waals surface area contributed by atoms with Crippen molar-refractivity contribution in [1.29, 1.82) is 0 Å². The average molecular weight is 502 g/mol. The summed E-state index contributed by atoms with van der Waals surface area (Å²) in [7, 11) is 0. The number of anilines is 1. The third kappa shape index (κ3) is 4.18. The highest BCUT2D eigenvalue weighted by atomic mass is 35.5. The van der Waals surface area contributed by atoms with Gasteiger partial charge in [-0.1, -0.05) is 76.7 Å². The van der Waals surface area contributed by atoms with Gasteiger partial charge in [-0.05, 0) is 78.4 Å². The number of halogens is 4. The van der Waals surface area contributed by atoms with Crippen LogP contribution in [-0.4, -0.2) is 5.71 Å². The fourth-order valence-electron chi connectivity index (χ4n) is 4.65. The van der Waals surface area contributed by atoms with Crippen molar-refractivity contribution in [2.75, 3.05) is 5.01 Å². The molecule has 2 atom stereocenters. The summed E-state index contributed by atoms with van der Waals surface area (Å²) >= 11 is 25.4. The van der Waals surface area contributed by atoms with E-state index >= 15 is 0 Å². The van der Waals surface area contributed by atoms with E-state index in [1.165, 1.54) is 5.57 Å². The molecule has 0 saturated heterocycles. The van der Waals surface area contributed by atoms with Gasteiger partial charge in [0.15, 0.2) is 0 Å². The molecule has 2 unspecified atom stereocenters. The second-order valence-corrected chi connectivity index (χ2v) is 9.80. The van der Waals surface area contributed by atoms with Crippen molar-refractivity contribution in [1.82, 2.24) is 0 Å². The molecule has 0 spiro atoms. The van der Waals surface area contributed by atoms with Gasteiger partial charge >= 0.3 is 0 Å². The Kier molecular flexibility index (Phi) is 6.22. The normalized spacial score (nSPS) is 21.6. The molecule has 3 aromatic rings. The topological polar surface area (TPSA) is 15.6 Å². The predicted molar refractivity (Wildman–Crippen MR) is 137 cm³/mol. The summed E-state index contributed by atoms with van der Waals surface area (Å²) in [6.45, 7) is 0. The Bertz CT molecular complexity index is 1220. The average Bonchev–Trinajstić information content (AvgIpc) is 3.17. The van der Waals surface area contributed by atoms with E-state index in [1.807, 2.05) is 48.5 Å². The SMILES string of the molecule is Clc1ccc(/C=C2\CCCC3C2=NN(c2ccccc2)C3c2ccc(Cl)cc2Cl)c(Cl)c1. The third-order valence-electron chi connectivity index (χ3n) is 6.10. The van der Waals surface area contributed by atoms with Crippen molar-refractivity contribution in [3.05, 3.63) is 104 Å². The lowest BCUT2D eigenvalue weighted by atomic mass is 9.77. The number of hydrogen-bond donors (Lipinski definition) is 0. The predicted octanol–water partition coefficient (Wildman–Crippen LogP) is 9.10. The van der Waals surface area contributed by atoms with Gasteiger partial charge in [0.25, 0.3) is 0 Å². The van der Waals surface area contributed by atoms with Crippen LogP contribution in [0.5, 0.6) is 0 Å². The minimum atomic E-state index is 0.00144. The zero-order chi connectivity index (χ0) is 22.2. The fourth-order valence-corrected chi connectivity index (χ4v) is 5.63. The lowest BCUT2D eigenvalue weighted by Gasteiger charge is -2.31. The van der Waals surface area contributed by atoms with Crippen molar-refractivity contribution in [2.24, 2.45) is 11.0 Å². The van der Waals surface area contributed by atoms with Gasteiger partial charge in [-0.25, -0.2) is 0 Å². The number of hydrogen-bond acceptors (Lipinski definition) is 2. The van der Waals surface area contributed by atoms with Crippen molar-refractivity contribution in [3.63, 3.8) is 0 Å². The van der Waals surface area contributed by atoms with Gasteiger partial charge in [0.1, 0.15) is 0 Å². The van der Waals surface area contributed by atoms with Gasteiger partial charge in [0.2, 0.25) is 0 Å². The second-order valence-electron chi connectivity index (χ2n) is 8.11. The molecule has 0 N–H and O–H groups in total. The zero-order valence-corrected chi connectivity index (χ0v) is 20.1. The number of para-hydroxylation sites is 1. The zero-order valence-electron chi connectivity index (χ0n) is 17.1. The molecule has 1 aliphatic heterocycles. The summed E-state index contributed by atoms with van der Waals surface area (Å²) in [5.74, 6) is 0.222. The molecule has 0 radical (unpaired) electrons. The fraction of sp³-hybridized carbons (Fsp3) is 0.192. The monoisotopic (exact) mass is 500 g/mol. The quantitative estimate of drug-likeness (QED) is 0.349. The summed E-state index contributed by atoms with van der Waals surface area (Å²) in [5, 5.41) is 9.82. The van der Waals surface area contributed by atoms with E-state index in [4.69, 9.17) is 51.5 Å². The van der Waals surface area contributed by atoms with Crippen molar-refractivity contribution >= 4 is 63.9 Å². The largest absolute Gasteiger partial charge is 0.257 e. The van der Waals surface area contributed by atoms with Gasteiger partial charge in [0.05, 0.1) is 17.4 Å². The van der Waals surface area contributed by atoms with Crippen LogP contribution in [0.15, 0.2) is 77.4 Å². The Hall–Kier alpha value is -1.97. The highest BCUT2D eigenvalue weighted by Crippen LogP contribution is 2.48. The summed E-state index contributed by atoms with van der Waals surface area (Å²) < 4.78 is 0. The van der Waals surface area contributed by atoms with Gasteiger partial charge in [-0.2, -0.15) is 5.10 Å². The van der Waals surface area contributed by atoms with Crippen molar-refractivity contribution in [2.45, 2.75) is 25.3 Å². The van der Waals surface area contributed by atoms with Crippen LogP contribution in [0.25, 0.3) is 6.08 Å². The molecule has 2 nitrogen and oxygen atoms in total. The number of hydrazone groups is 1. The lowest BCUT2D eigenvalue weighted by molar-refractivity contribution is 0.488. The molecule has 0 aromatic heterocycles. The van der Waals surface area contributed by atoms with Gasteiger partial charge < -0.3 is 0 Å². The molecular weight excluding hydrogens is 482 g/mol. The Balaban J connectivity index is 1.62. The molecule has 162 valence electrons. The standard InChI is InChI=1S/C26H20Cl4N2/c27-18-10-9-16(23(29)14-18)13-17-5-4-8-22-25(17)31-32(20-6-2-1-3-7-20)26(22)21-12-11-19(28)15-24(21)30/h1-3,6-7,9-15,22,26H,4-5,8H2/b17-13+. The maximum absolute atomic E-state index is 6.69. The molecule has 3 aromatic carbocycles. The number of allylic oxidation sites excluding steroid dienone is 1. The smallest absolute Gasteiger partial charge is 0.0874 e. The first-order valence-corrected chi connectivity index (χ1v) is 12.1. The third-order valence-corrected chi connectivity index (χ3v) is 7.22. The van der Waals surface area contributed by atoms with Crippen LogP contribution in [0.2, 0.25) is 20.1 Å². The Morgan fingerprint density at radius 1 is 0.844 bits per heavy atom. The van der Waals surface area contributed by atoms with E-state index in [2.05, 4.69) is 23.2 Å². The van der Waals surface area contributed by atoms with Crippen molar-refractivity contribution in [3.8, 4) is 0 Å². The van der Waals surface area contributed by atoms with Gasteiger partial charge in [-0.15, -0.1) is 0 Å². The Morgan fingerprint density at radius 3 is 2.28 bits per heavy atom. The van der Waals surface area contributed by atoms with Crippen LogP contribution in [0.4, 0.5) is 5.69 Å². The highest BCUT2D eigenvalue weighted by Gasteiger charge is 2.42. The minimum Gasteiger partial charge on any atom is -0.257 e. The molecule has 2 aliphatic rings. The maximum atomic E-state index is 6.69. The molecule has 0 amide bonds. The van der Waals surface area contributed by atoms with E-state index in [-0.39, 0.29) is 12.0 Å². The minimum absolute atomic E-state index is 0.00144. The van der Waals surface area contributed by atoms with Crippen LogP contribution in [0.1, 0.15) is 36.4 Å². The molecular formula is C26H20Cl4N2. The lowest BCUT2D eigenvalue weighted by Crippen LogP contribution is -2.28. The highest BCUT2D eigenvalue weighted by molar-refractivity contribution is 6.36. The summed E-state index contributed by atoms with van der Waals surface area (Å²) in [6.07, 6.45) is 5.22. The van der Waals surface area contributed by atoms with Gasteiger partial charge in [-0.3, -0.25) is 5.01 Å². The molecule has 5 rings (SSSR count). The molecule has 1 aliphatic carbocycles. The van der Waals surface area contributed by atoms with E-state index in [0.717, 1.165) is 41.8 Å². The maximum Gasteiger partial charge on any atom is 0.0874 e. The van der Waals surface area contributed by atoms with Gasteiger partial charge in [0, 0.05) is 26.0 Å². The first-order chi connectivity index (χ1) is 15.5. The Morgan fingerprint density at radius 2 is 1.56 bits per heavy atom. The van der Waals surface area contributed by atoms with Crippen LogP contribution in [0.3, 0.4) is 0 Å². The van der Waals surface area contributed by atoms with Crippen LogP contribution in [0, 0.1) is 5.92 Å². The number of nitrogens with zero attached hydrogens (tertiary/aromatic N) is 2. The number of fused-ring (bicyclic) bond motifs is 1. The Labute approximate surface area is 208 Å². The van der Waals surface area contributed by atoms with Crippen LogP contribution in [-0.2, 0) is 0 Å². The van der Waals surface area contributed by atoms with E-state index < -0.39 is 0 Å². The summed E-state index contributed by atoms with van der Waals surface area (Å²) in [4.78, 5) is 0. The first-order valence-electron chi connectivity index (χ1n) is 10.5. The second kappa shape index (κ2) is 9.11. The van der Waals surface area contributed by atoms with Crippen molar-refractivity contribution < 1.29 is 0 Å². The molecule has 1 fully saturated rings. The molecule has 1 heterocycles. The molecule has 6 heteroatoms. The van der Waals surface area contributed by atoms with Crippen LogP contribution < -0.4 is 5.01 Å². The summed E-state index contributed by atoms with van der Waals surface area (Å²) in [5.41, 5.74) is 5.33. The molecule has 1 saturated carbocycles. The van der Waals surface area contributed by atoms with E-state index in [9.17, 15) is 0 Å². The van der Waals surface area contributed by atoms with Crippen LogP contribution >= 0.6 is 46.4 Å². The molecule has 0 bridgehead atoms. The molecule has 32 heavy (non-hydrogen) atoms. The van der Waals surface area contributed by atoms with E-state index in [1.54, 1.807) is 6.07 Å².